The molecule has 0 radical (unpaired) electrons. The molecule has 2 N–H and O–H groups in total. The van der Waals surface area contributed by atoms with Gasteiger partial charge in [0.2, 0.25) is 5.91 Å². The van der Waals surface area contributed by atoms with E-state index in [0.29, 0.717) is 24.8 Å². The second-order valence-corrected chi connectivity index (χ2v) is 6.30. The molecule has 3 rings (SSSR count). The molecule has 1 aromatic carbocycles. The van der Waals surface area contributed by atoms with Crippen LogP contribution in [-0.2, 0) is 16.4 Å². The number of carbonyl (C=O) groups excluding carboxylic acids is 1. The van der Waals surface area contributed by atoms with Gasteiger partial charge >= 0.3 is 6.18 Å². The zero-order valence-electron chi connectivity index (χ0n) is 12.4. The Hall–Kier alpha value is -1.82. The summed E-state index contributed by atoms with van der Waals surface area (Å²) < 4.78 is 38.6. The highest BCUT2D eigenvalue weighted by Gasteiger charge is 2.52. The van der Waals surface area contributed by atoms with Crippen LogP contribution in [0.4, 0.5) is 13.2 Å². The van der Waals surface area contributed by atoms with Crippen molar-refractivity contribution in [3.63, 3.8) is 0 Å². The first kappa shape index (κ1) is 16.1. The molecule has 23 heavy (non-hydrogen) atoms. The smallest absolute Gasteiger partial charge is 0.396 e. The van der Waals surface area contributed by atoms with Crippen molar-refractivity contribution in [1.82, 2.24) is 5.32 Å². The zero-order valence-corrected chi connectivity index (χ0v) is 12.4. The third kappa shape index (κ3) is 3.13. The molecule has 124 valence electrons. The summed E-state index contributed by atoms with van der Waals surface area (Å²) in [5.41, 5.74) is -1.15. The van der Waals surface area contributed by atoms with Crippen LogP contribution in [0, 0.1) is 5.92 Å². The van der Waals surface area contributed by atoms with Gasteiger partial charge in [0.25, 0.3) is 0 Å². The van der Waals surface area contributed by atoms with Crippen LogP contribution in [0.3, 0.4) is 0 Å². The Morgan fingerprint density at radius 3 is 2.61 bits per heavy atom. The molecule has 2 atom stereocenters. The van der Waals surface area contributed by atoms with Gasteiger partial charge in [0, 0.05) is 18.6 Å². The average molecular weight is 325 g/mol. The van der Waals surface area contributed by atoms with Crippen LogP contribution in [0.25, 0.3) is 0 Å². The topological polar surface area (TPSA) is 49.3 Å². The van der Waals surface area contributed by atoms with Gasteiger partial charge in [-0.15, -0.1) is 0 Å². The highest BCUT2D eigenvalue weighted by molar-refractivity contribution is 5.91. The molecule has 1 amide bonds. The van der Waals surface area contributed by atoms with E-state index in [1.807, 2.05) is 12.2 Å². The molecule has 1 saturated carbocycles. The highest BCUT2D eigenvalue weighted by atomic mass is 19.4. The van der Waals surface area contributed by atoms with E-state index in [1.54, 1.807) is 6.07 Å². The third-order valence-electron chi connectivity index (χ3n) is 4.65. The Morgan fingerprint density at radius 1 is 1.30 bits per heavy atom. The summed E-state index contributed by atoms with van der Waals surface area (Å²) in [6.45, 7) is 0.0294. The average Bonchev–Trinajstić information content (AvgIpc) is 3.21. The first-order chi connectivity index (χ1) is 10.8. The molecule has 0 spiro atoms. The van der Waals surface area contributed by atoms with Crippen molar-refractivity contribution in [3.8, 4) is 0 Å². The summed E-state index contributed by atoms with van der Waals surface area (Å²) in [5.74, 6) is -0.200. The number of aliphatic hydroxyl groups is 1. The zero-order chi connectivity index (χ0) is 16.7. The Bertz CT molecular complexity index is 635. The van der Waals surface area contributed by atoms with Crippen LogP contribution >= 0.6 is 0 Å². The Morgan fingerprint density at radius 2 is 2.04 bits per heavy atom. The quantitative estimate of drug-likeness (QED) is 0.837. The molecular formula is C17H18F3NO2. The van der Waals surface area contributed by atoms with Crippen molar-refractivity contribution in [2.75, 3.05) is 6.61 Å². The second-order valence-electron chi connectivity index (χ2n) is 6.30. The standard InChI is InChI=1S/C17H18F3NO2/c18-17(19,20)13-3-1-2-12(9-13)16(6-7-16)15(23)21-14-5-4-11(8-14)10-22/h1-5,9,11,14,22H,6-8,10H2,(H,21,23)/t11-,14+/m0/s1. The molecular weight excluding hydrogens is 307 g/mol. The van der Waals surface area contributed by atoms with Crippen molar-refractivity contribution in [2.24, 2.45) is 5.92 Å². The predicted molar refractivity (Wildman–Crippen MR) is 78.6 cm³/mol. The molecule has 0 heterocycles. The number of aliphatic hydroxyl groups excluding tert-OH is 1. The van der Waals surface area contributed by atoms with Gasteiger partial charge < -0.3 is 10.4 Å². The van der Waals surface area contributed by atoms with Gasteiger partial charge in [0.1, 0.15) is 0 Å². The van der Waals surface area contributed by atoms with Crippen molar-refractivity contribution >= 4 is 5.91 Å². The summed E-state index contributed by atoms with van der Waals surface area (Å²) in [6.07, 6.45) is 1.02. The number of hydrogen-bond donors (Lipinski definition) is 2. The Balaban J connectivity index is 1.75. The molecule has 1 aromatic rings. The molecule has 2 aliphatic carbocycles. The number of halogens is 3. The SMILES string of the molecule is O=C(N[C@@H]1C=C[C@H](CO)C1)C1(c2cccc(C(F)(F)F)c2)CC1. The van der Waals surface area contributed by atoms with Crippen molar-refractivity contribution in [3.05, 3.63) is 47.5 Å². The number of alkyl halides is 3. The van der Waals surface area contributed by atoms with E-state index in [4.69, 9.17) is 5.11 Å². The van der Waals surface area contributed by atoms with E-state index in [-0.39, 0.29) is 24.5 Å². The number of carbonyl (C=O) groups is 1. The van der Waals surface area contributed by atoms with E-state index in [2.05, 4.69) is 5.32 Å². The van der Waals surface area contributed by atoms with Crippen molar-refractivity contribution < 1.29 is 23.1 Å². The van der Waals surface area contributed by atoms with E-state index >= 15 is 0 Å². The van der Waals surface area contributed by atoms with Gasteiger partial charge in [0.15, 0.2) is 0 Å². The lowest BCUT2D eigenvalue weighted by Crippen LogP contribution is -2.40. The summed E-state index contributed by atoms with van der Waals surface area (Å²) in [6, 6.07) is 4.87. The molecule has 6 heteroatoms. The molecule has 0 saturated heterocycles. The van der Waals surface area contributed by atoms with Gasteiger partial charge in [-0.3, -0.25) is 4.79 Å². The lowest BCUT2D eigenvalue weighted by molar-refractivity contribution is -0.137. The van der Waals surface area contributed by atoms with E-state index in [9.17, 15) is 18.0 Å². The van der Waals surface area contributed by atoms with E-state index < -0.39 is 17.2 Å². The second kappa shape index (κ2) is 5.67. The number of hydrogen-bond acceptors (Lipinski definition) is 2. The fourth-order valence-corrected chi connectivity index (χ4v) is 3.09. The first-order valence-electron chi connectivity index (χ1n) is 7.63. The molecule has 0 unspecified atom stereocenters. The molecule has 0 bridgehead atoms. The van der Waals surface area contributed by atoms with Gasteiger partial charge in [-0.05, 0) is 30.9 Å². The van der Waals surface area contributed by atoms with Crippen molar-refractivity contribution in [2.45, 2.75) is 36.9 Å². The molecule has 0 aromatic heterocycles. The molecule has 0 aliphatic heterocycles. The third-order valence-corrected chi connectivity index (χ3v) is 4.65. The van der Waals surface area contributed by atoms with Gasteiger partial charge in [-0.1, -0.05) is 30.4 Å². The minimum absolute atomic E-state index is 0.0294. The van der Waals surface area contributed by atoms with Gasteiger partial charge in [-0.2, -0.15) is 13.2 Å². The van der Waals surface area contributed by atoms with Crippen LogP contribution in [0.15, 0.2) is 36.4 Å². The van der Waals surface area contributed by atoms with Crippen molar-refractivity contribution in [1.29, 1.82) is 0 Å². The number of nitrogens with one attached hydrogen (secondary N) is 1. The van der Waals surface area contributed by atoms with E-state index in [0.717, 1.165) is 12.1 Å². The van der Waals surface area contributed by atoms with Crippen LogP contribution in [0.2, 0.25) is 0 Å². The lowest BCUT2D eigenvalue weighted by atomic mass is 9.93. The molecule has 3 nitrogen and oxygen atoms in total. The lowest BCUT2D eigenvalue weighted by Gasteiger charge is -2.20. The summed E-state index contributed by atoms with van der Waals surface area (Å²) >= 11 is 0. The summed E-state index contributed by atoms with van der Waals surface area (Å²) in [4.78, 5) is 12.6. The number of amides is 1. The largest absolute Gasteiger partial charge is 0.416 e. The maximum atomic E-state index is 12.9. The minimum Gasteiger partial charge on any atom is -0.396 e. The van der Waals surface area contributed by atoms with Crippen LogP contribution in [0.1, 0.15) is 30.4 Å². The predicted octanol–water partition coefficient (Wildman–Crippen LogP) is 2.79. The van der Waals surface area contributed by atoms with Gasteiger partial charge in [-0.25, -0.2) is 0 Å². The highest BCUT2D eigenvalue weighted by Crippen LogP contribution is 2.49. The first-order valence-corrected chi connectivity index (χ1v) is 7.63. The maximum Gasteiger partial charge on any atom is 0.416 e. The molecule has 1 fully saturated rings. The normalized spacial score (nSPS) is 25.4. The summed E-state index contributed by atoms with van der Waals surface area (Å²) in [7, 11) is 0. The monoisotopic (exact) mass is 325 g/mol. The minimum atomic E-state index is -4.41. The fraction of sp³-hybridized carbons (Fsp3) is 0.471. The van der Waals surface area contributed by atoms with Crippen LogP contribution in [-0.4, -0.2) is 23.7 Å². The Kier molecular flexibility index (Phi) is 3.96. The number of benzene rings is 1. The Labute approximate surface area is 132 Å². The molecule has 2 aliphatic rings. The summed E-state index contributed by atoms with van der Waals surface area (Å²) in [5, 5.41) is 12.0. The van der Waals surface area contributed by atoms with Crippen LogP contribution < -0.4 is 5.32 Å². The van der Waals surface area contributed by atoms with Crippen LogP contribution in [0.5, 0.6) is 0 Å². The number of rotatable bonds is 4. The fourth-order valence-electron chi connectivity index (χ4n) is 3.09. The maximum absolute atomic E-state index is 12.9. The van der Waals surface area contributed by atoms with E-state index in [1.165, 1.54) is 6.07 Å². The van der Waals surface area contributed by atoms with Gasteiger partial charge in [0.05, 0.1) is 11.0 Å².